The van der Waals surface area contributed by atoms with Crippen LogP contribution in [0.1, 0.15) is 19.4 Å². The van der Waals surface area contributed by atoms with Crippen LogP contribution in [0.15, 0.2) is 18.2 Å². The molecule has 0 aromatic heterocycles. The SMILES string of the molecule is COc1ccc(CBr)cc1OC(C)C. The number of alkyl halides is 1. The number of ether oxygens (including phenoxy) is 2. The first-order valence-electron chi connectivity index (χ1n) is 4.57. The Morgan fingerprint density at radius 2 is 2.00 bits per heavy atom. The van der Waals surface area contributed by atoms with Crippen molar-refractivity contribution in [2.24, 2.45) is 0 Å². The quantitative estimate of drug-likeness (QED) is 0.772. The van der Waals surface area contributed by atoms with E-state index in [1.165, 1.54) is 5.56 Å². The van der Waals surface area contributed by atoms with Crippen molar-refractivity contribution in [3.05, 3.63) is 23.8 Å². The minimum Gasteiger partial charge on any atom is -0.493 e. The van der Waals surface area contributed by atoms with Crippen molar-refractivity contribution >= 4 is 15.9 Å². The van der Waals surface area contributed by atoms with Crippen LogP contribution >= 0.6 is 15.9 Å². The van der Waals surface area contributed by atoms with Crippen LogP contribution < -0.4 is 9.47 Å². The molecule has 2 nitrogen and oxygen atoms in total. The van der Waals surface area contributed by atoms with Gasteiger partial charge in [0.15, 0.2) is 11.5 Å². The van der Waals surface area contributed by atoms with Gasteiger partial charge in [0.1, 0.15) is 0 Å². The summed E-state index contributed by atoms with van der Waals surface area (Å²) >= 11 is 3.41. The highest BCUT2D eigenvalue weighted by molar-refractivity contribution is 9.08. The standard InChI is InChI=1S/C11H15BrO2/c1-8(2)14-11-6-9(7-12)4-5-10(11)13-3/h4-6,8H,7H2,1-3H3. The first kappa shape index (κ1) is 11.4. The van der Waals surface area contributed by atoms with E-state index in [1.807, 2.05) is 32.0 Å². The molecule has 0 heterocycles. The van der Waals surface area contributed by atoms with Crippen molar-refractivity contribution < 1.29 is 9.47 Å². The Kier molecular flexibility index (Phi) is 4.26. The molecule has 78 valence electrons. The second-order valence-electron chi connectivity index (χ2n) is 3.29. The molecule has 0 spiro atoms. The average Bonchev–Trinajstić information content (AvgIpc) is 2.16. The van der Waals surface area contributed by atoms with Gasteiger partial charge in [-0.2, -0.15) is 0 Å². The zero-order valence-corrected chi connectivity index (χ0v) is 10.3. The van der Waals surface area contributed by atoms with Gasteiger partial charge in [-0.1, -0.05) is 22.0 Å². The zero-order chi connectivity index (χ0) is 10.6. The van der Waals surface area contributed by atoms with E-state index in [0.717, 1.165) is 16.8 Å². The van der Waals surface area contributed by atoms with Crippen molar-refractivity contribution in [3.63, 3.8) is 0 Å². The van der Waals surface area contributed by atoms with Crippen molar-refractivity contribution in [3.8, 4) is 11.5 Å². The molecule has 0 saturated heterocycles. The first-order chi connectivity index (χ1) is 6.67. The molecule has 0 aliphatic heterocycles. The van der Waals surface area contributed by atoms with E-state index >= 15 is 0 Å². The van der Waals surface area contributed by atoms with Crippen LogP contribution in [0, 0.1) is 0 Å². The maximum atomic E-state index is 5.63. The summed E-state index contributed by atoms with van der Waals surface area (Å²) in [6, 6.07) is 5.93. The number of methoxy groups -OCH3 is 1. The Labute approximate surface area is 93.4 Å². The van der Waals surface area contributed by atoms with E-state index in [9.17, 15) is 0 Å². The van der Waals surface area contributed by atoms with Crippen LogP contribution in [0.2, 0.25) is 0 Å². The summed E-state index contributed by atoms with van der Waals surface area (Å²) < 4.78 is 10.8. The summed E-state index contributed by atoms with van der Waals surface area (Å²) in [5.74, 6) is 1.59. The Morgan fingerprint density at radius 3 is 2.50 bits per heavy atom. The third-order valence-electron chi connectivity index (χ3n) is 1.75. The van der Waals surface area contributed by atoms with E-state index in [4.69, 9.17) is 9.47 Å². The Bertz CT molecular complexity index is 297. The smallest absolute Gasteiger partial charge is 0.161 e. The molecule has 14 heavy (non-hydrogen) atoms. The minimum absolute atomic E-state index is 0.162. The number of benzene rings is 1. The van der Waals surface area contributed by atoms with Crippen molar-refractivity contribution in [2.45, 2.75) is 25.3 Å². The summed E-state index contributed by atoms with van der Waals surface area (Å²) in [5.41, 5.74) is 1.18. The monoisotopic (exact) mass is 258 g/mol. The summed E-state index contributed by atoms with van der Waals surface area (Å²) in [7, 11) is 1.65. The second kappa shape index (κ2) is 5.25. The van der Waals surface area contributed by atoms with Gasteiger partial charge in [-0.25, -0.2) is 0 Å². The molecule has 0 aliphatic carbocycles. The molecule has 0 aliphatic rings. The van der Waals surface area contributed by atoms with Crippen molar-refractivity contribution in [2.75, 3.05) is 7.11 Å². The summed E-state index contributed by atoms with van der Waals surface area (Å²) in [4.78, 5) is 0. The summed E-state index contributed by atoms with van der Waals surface area (Å²) in [5, 5.41) is 0.825. The molecule has 0 radical (unpaired) electrons. The van der Waals surface area contributed by atoms with Crippen molar-refractivity contribution in [1.82, 2.24) is 0 Å². The van der Waals surface area contributed by atoms with Gasteiger partial charge in [0.25, 0.3) is 0 Å². The second-order valence-corrected chi connectivity index (χ2v) is 3.85. The molecule has 0 bridgehead atoms. The van der Waals surface area contributed by atoms with Crippen LogP contribution in [0.4, 0.5) is 0 Å². The molecule has 0 saturated carbocycles. The van der Waals surface area contributed by atoms with Gasteiger partial charge >= 0.3 is 0 Å². The molecule has 1 rings (SSSR count). The van der Waals surface area contributed by atoms with Crippen LogP contribution in [0.5, 0.6) is 11.5 Å². The van der Waals surface area contributed by atoms with Crippen LogP contribution in [0.3, 0.4) is 0 Å². The fourth-order valence-corrected chi connectivity index (χ4v) is 1.50. The molecule has 0 fully saturated rings. The minimum atomic E-state index is 0.162. The molecule has 0 N–H and O–H groups in total. The maximum absolute atomic E-state index is 5.63. The van der Waals surface area contributed by atoms with E-state index in [2.05, 4.69) is 15.9 Å². The number of rotatable bonds is 4. The van der Waals surface area contributed by atoms with Gasteiger partial charge in [-0.05, 0) is 31.5 Å². The van der Waals surface area contributed by atoms with E-state index in [1.54, 1.807) is 7.11 Å². The zero-order valence-electron chi connectivity index (χ0n) is 8.71. The van der Waals surface area contributed by atoms with E-state index in [-0.39, 0.29) is 6.10 Å². The normalized spacial score (nSPS) is 10.4. The highest BCUT2D eigenvalue weighted by Gasteiger charge is 2.06. The molecular formula is C11H15BrO2. The molecule has 1 aromatic rings. The lowest BCUT2D eigenvalue weighted by Gasteiger charge is -2.14. The predicted molar refractivity (Wildman–Crippen MR) is 61.4 cm³/mol. The van der Waals surface area contributed by atoms with Gasteiger partial charge < -0.3 is 9.47 Å². The lowest BCUT2D eigenvalue weighted by atomic mass is 10.2. The van der Waals surface area contributed by atoms with Gasteiger partial charge in [-0.15, -0.1) is 0 Å². The molecule has 3 heteroatoms. The van der Waals surface area contributed by atoms with E-state index in [0.29, 0.717) is 0 Å². The third-order valence-corrected chi connectivity index (χ3v) is 2.39. The largest absolute Gasteiger partial charge is 0.493 e. The van der Waals surface area contributed by atoms with Gasteiger partial charge in [0.05, 0.1) is 13.2 Å². The van der Waals surface area contributed by atoms with E-state index < -0.39 is 0 Å². The molecule has 0 unspecified atom stereocenters. The van der Waals surface area contributed by atoms with Crippen LogP contribution in [0.25, 0.3) is 0 Å². The highest BCUT2D eigenvalue weighted by Crippen LogP contribution is 2.29. The fourth-order valence-electron chi connectivity index (χ4n) is 1.15. The molecular weight excluding hydrogens is 244 g/mol. The van der Waals surface area contributed by atoms with Crippen LogP contribution in [-0.2, 0) is 5.33 Å². The topological polar surface area (TPSA) is 18.5 Å². The number of hydrogen-bond acceptors (Lipinski definition) is 2. The van der Waals surface area contributed by atoms with Gasteiger partial charge in [-0.3, -0.25) is 0 Å². The molecule has 1 aromatic carbocycles. The summed E-state index contributed by atoms with van der Waals surface area (Å²) in [6.45, 7) is 4.00. The van der Waals surface area contributed by atoms with Gasteiger partial charge in [0, 0.05) is 5.33 Å². The summed E-state index contributed by atoms with van der Waals surface area (Å²) in [6.07, 6.45) is 0.162. The Morgan fingerprint density at radius 1 is 1.29 bits per heavy atom. The van der Waals surface area contributed by atoms with Gasteiger partial charge in [0.2, 0.25) is 0 Å². The lowest BCUT2D eigenvalue weighted by molar-refractivity contribution is 0.230. The Balaban J connectivity index is 2.96. The molecule has 0 atom stereocenters. The maximum Gasteiger partial charge on any atom is 0.161 e. The highest BCUT2D eigenvalue weighted by atomic mass is 79.9. The Hall–Kier alpha value is -0.700. The number of hydrogen-bond donors (Lipinski definition) is 0. The number of halogens is 1. The third kappa shape index (κ3) is 2.91. The first-order valence-corrected chi connectivity index (χ1v) is 5.69. The predicted octanol–water partition coefficient (Wildman–Crippen LogP) is 3.38. The lowest BCUT2D eigenvalue weighted by Crippen LogP contribution is -2.06. The average molecular weight is 259 g/mol. The van der Waals surface area contributed by atoms with Crippen LogP contribution in [-0.4, -0.2) is 13.2 Å². The fraction of sp³-hybridized carbons (Fsp3) is 0.455. The molecule has 0 amide bonds. The van der Waals surface area contributed by atoms with Crippen molar-refractivity contribution in [1.29, 1.82) is 0 Å².